The fourth-order valence-corrected chi connectivity index (χ4v) is 2.36. The van der Waals surface area contributed by atoms with Crippen LogP contribution in [0.3, 0.4) is 0 Å². The molecule has 2 aromatic heterocycles. The Labute approximate surface area is 113 Å². The largest absolute Gasteiger partial charge is 0.260 e. The lowest BCUT2D eigenvalue weighted by molar-refractivity contribution is 0.826. The van der Waals surface area contributed by atoms with Crippen molar-refractivity contribution in [3.05, 3.63) is 60.6 Å². The Morgan fingerprint density at radius 1 is 0.895 bits per heavy atom. The second-order valence-corrected chi connectivity index (χ2v) is 5.00. The van der Waals surface area contributed by atoms with E-state index < -0.39 is 0 Å². The first-order valence-corrected chi connectivity index (χ1v) is 6.56. The fourth-order valence-electron chi connectivity index (χ4n) is 2.36. The molecule has 19 heavy (non-hydrogen) atoms. The summed E-state index contributed by atoms with van der Waals surface area (Å²) < 4.78 is 0. The van der Waals surface area contributed by atoms with Gasteiger partial charge in [-0.1, -0.05) is 38.1 Å². The Hall–Kier alpha value is -2.22. The van der Waals surface area contributed by atoms with Gasteiger partial charge in [0.05, 0.1) is 11.2 Å². The van der Waals surface area contributed by atoms with Gasteiger partial charge in [-0.2, -0.15) is 0 Å². The van der Waals surface area contributed by atoms with E-state index in [1.165, 1.54) is 16.5 Å². The molecule has 0 fully saturated rings. The van der Waals surface area contributed by atoms with Crippen LogP contribution in [0.4, 0.5) is 0 Å². The topological polar surface area (TPSA) is 25.8 Å². The maximum absolute atomic E-state index is 4.51. The molecule has 0 atom stereocenters. The number of hydrogen-bond donors (Lipinski definition) is 0. The van der Waals surface area contributed by atoms with Crippen LogP contribution in [0.1, 0.15) is 25.5 Å². The second-order valence-electron chi connectivity index (χ2n) is 5.00. The molecule has 2 heterocycles. The third kappa shape index (κ3) is 2.22. The Morgan fingerprint density at radius 3 is 2.53 bits per heavy atom. The van der Waals surface area contributed by atoms with Gasteiger partial charge in [0.25, 0.3) is 0 Å². The summed E-state index contributed by atoms with van der Waals surface area (Å²) in [6, 6.07) is 14.6. The smallest absolute Gasteiger partial charge is 0.0708 e. The van der Waals surface area contributed by atoms with E-state index in [9.17, 15) is 0 Å². The third-order valence-electron chi connectivity index (χ3n) is 3.30. The van der Waals surface area contributed by atoms with E-state index in [2.05, 4.69) is 54.1 Å². The minimum atomic E-state index is 0.413. The first-order valence-electron chi connectivity index (χ1n) is 6.56. The van der Waals surface area contributed by atoms with E-state index in [-0.39, 0.29) is 0 Å². The number of benzene rings is 1. The summed E-state index contributed by atoms with van der Waals surface area (Å²) in [6.45, 7) is 4.34. The molecule has 94 valence electrons. The number of pyridine rings is 2. The van der Waals surface area contributed by atoms with Gasteiger partial charge in [-0.25, -0.2) is 0 Å². The molecule has 3 aromatic rings. The monoisotopic (exact) mass is 248 g/mol. The van der Waals surface area contributed by atoms with E-state index in [4.69, 9.17) is 0 Å². The van der Waals surface area contributed by atoms with Crippen LogP contribution in [0, 0.1) is 0 Å². The standard InChI is InChI=1S/C17H16N2/c1-12(2)17-15(6-4-10-19-17)14-8-7-13-5-3-9-18-16(13)11-14/h3-12H,1-2H3. The molecular weight excluding hydrogens is 232 g/mol. The molecule has 0 aliphatic rings. The number of nitrogens with zero attached hydrogens (tertiary/aromatic N) is 2. The Morgan fingerprint density at radius 2 is 1.68 bits per heavy atom. The van der Waals surface area contributed by atoms with Crippen LogP contribution >= 0.6 is 0 Å². The van der Waals surface area contributed by atoms with Crippen LogP contribution in [0.5, 0.6) is 0 Å². The molecule has 0 saturated heterocycles. The fraction of sp³-hybridized carbons (Fsp3) is 0.176. The average molecular weight is 248 g/mol. The van der Waals surface area contributed by atoms with Gasteiger partial charge in [0.1, 0.15) is 0 Å². The molecule has 0 saturated carbocycles. The van der Waals surface area contributed by atoms with Crippen molar-refractivity contribution >= 4 is 10.9 Å². The normalized spacial score (nSPS) is 11.1. The molecule has 2 nitrogen and oxygen atoms in total. The number of rotatable bonds is 2. The van der Waals surface area contributed by atoms with Crippen molar-refractivity contribution in [2.45, 2.75) is 19.8 Å². The summed E-state index contributed by atoms with van der Waals surface area (Å²) in [6.07, 6.45) is 3.69. The Bertz CT molecular complexity index is 717. The van der Waals surface area contributed by atoms with E-state index in [1.54, 1.807) is 0 Å². The van der Waals surface area contributed by atoms with Gasteiger partial charge in [-0.15, -0.1) is 0 Å². The van der Waals surface area contributed by atoms with Crippen LogP contribution in [-0.4, -0.2) is 9.97 Å². The lowest BCUT2D eigenvalue weighted by Crippen LogP contribution is -1.96. The van der Waals surface area contributed by atoms with Crippen LogP contribution < -0.4 is 0 Å². The summed E-state index contributed by atoms with van der Waals surface area (Å²) in [5.74, 6) is 0.413. The Balaban J connectivity index is 2.19. The predicted molar refractivity (Wildman–Crippen MR) is 79.1 cm³/mol. The summed E-state index contributed by atoms with van der Waals surface area (Å²) >= 11 is 0. The van der Waals surface area contributed by atoms with Crippen molar-refractivity contribution < 1.29 is 0 Å². The zero-order valence-electron chi connectivity index (χ0n) is 11.2. The van der Waals surface area contributed by atoms with Gasteiger partial charge >= 0.3 is 0 Å². The molecule has 0 spiro atoms. The highest BCUT2D eigenvalue weighted by molar-refractivity contribution is 5.84. The lowest BCUT2D eigenvalue weighted by atomic mass is 9.97. The SMILES string of the molecule is CC(C)c1ncccc1-c1ccc2cccnc2c1. The second kappa shape index (κ2) is 4.81. The molecule has 0 aliphatic heterocycles. The minimum Gasteiger partial charge on any atom is -0.260 e. The molecule has 3 rings (SSSR count). The maximum Gasteiger partial charge on any atom is 0.0708 e. The van der Waals surface area contributed by atoms with Crippen molar-refractivity contribution in [3.8, 4) is 11.1 Å². The predicted octanol–water partition coefficient (Wildman–Crippen LogP) is 4.42. The molecule has 2 heteroatoms. The summed E-state index contributed by atoms with van der Waals surface area (Å²) in [7, 11) is 0. The minimum absolute atomic E-state index is 0.413. The van der Waals surface area contributed by atoms with Crippen molar-refractivity contribution in [1.29, 1.82) is 0 Å². The van der Waals surface area contributed by atoms with E-state index >= 15 is 0 Å². The van der Waals surface area contributed by atoms with Gasteiger partial charge in [0.2, 0.25) is 0 Å². The van der Waals surface area contributed by atoms with Crippen LogP contribution in [0.2, 0.25) is 0 Å². The van der Waals surface area contributed by atoms with E-state index in [1.807, 2.05) is 24.5 Å². The van der Waals surface area contributed by atoms with Gasteiger partial charge in [0.15, 0.2) is 0 Å². The molecule has 0 aliphatic carbocycles. The molecule has 0 N–H and O–H groups in total. The van der Waals surface area contributed by atoms with Crippen molar-refractivity contribution in [2.75, 3.05) is 0 Å². The zero-order valence-corrected chi connectivity index (χ0v) is 11.2. The molecule has 1 aromatic carbocycles. The van der Waals surface area contributed by atoms with Crippen molar-refractivity contribution in [3.63, 3.8) is 0 Å². The molecular formula is C17H16N2. The highest BCUT2D eigenvalue weighted by atomic mass is 14.7. The van der Waals surface area contributed by atoms with Gasteiger partial charge in [0, 0.05) is 23.3 Å². The van der Waals surface area contributed by atoms with Crippen molar-refractivity contribution in [1.82, 2.24) is 9.97 Å². The maximum atomic E-state index is 4.51. The van der Waals surface area contributed by atoms with Crippen LogP contribution in [0.25, 0.3) is 22.0 Å². The van der Waals surface area contributed by atoms with Gasteiger partial charge in [-0.05, 0) is 29.7 Å². The quantitative estimate of drug-likeness (QED) is 0.671. The number of fused-ring (bicyclic) bond motifs is 1. The number of aromatic nitrogens is 2. The van der Waals surface area contributed by atoms with E-state index in [0.717, 1.165) is 11.2 Å². The van der Waals surface area contributed by atoms with E-state index in [0.29, 0.717) is 5.92 Å². The van der Waals surface area contributed by atoms with Crippen molar-refractivity contribution in [2.24, 2.45) is 0 Å². The summed E-state index contributed by atoms with van der Waals surface area (Å²) in [5, 5.41) is 1.17. The lowest BCUT2D eigenvalue weighted by Gasteiger charge is -2.11. The van der Waals surface area contributed by atoms with Crippen LogP contribution in [-0.2, 0) is 0 Å². The van der Waals surface area contributed by atoms with Crippen LogP contribution in [0.15, 0.2) is 54.9 Å². The molecule has 0 bridgehead atoms. The summed E-state index contributed by atoms with van der Waals surface area (Å²) in [4.78, 5) is 8.94. The number of hydrogen-bond acceptors (Lipinski definition) is 2. The first-order chi connectivity index (χ1) is 9.25. The van der Waals surface area contributed by atoms with Gasteiger partial charge in [-0.3, -0.25) is 9.97 Å². The average Bonchev–Trinajstić information content (AvgIpc) is 2.46. The highest BCUT2D eigenvalue weighted by Gasteiger charge is 2.09. The first kappa shape index (κ1) is 11.8. The third-order valence-corrected chi connectivity index (χ3v) is 3.30. The van der Waals surface area contributed by atoms with Gasteiger partial charge < -0.3 is 0 Å². The zero-order chi connectivity index (χ0) is 13.2. The highest BCUT2D eigenvalue weighted by Crippen LogP contribution is 2.29. The molecule has 0 amide bonds. The molecule has 0 unspecified atom stereocenters. The Kier molecular flexibility index (Phi) is 3.00. The summed E-state index contributed by atoms with van der Waals surface area (Å²) in [5.41, 5.74) is 4.55. The molecule has 0 radical (unpaired) electrons.